The fourth-order valence-electron chi connectivity index (χ4n) is 2.94. The third-order valence-electron chi connectivity index (χ3n) is 4.10. The number of carbonyl (C=O) groups is 2. The highest BCUT2D eigenvalue weighted by atomic mass is 16.2. The second kappa shape index (κ2) is 7.98. The molecule has 6 heteroatoms. The highest BCUT2D eigenvalue weighted by Crippen LogP contribution is 2.31. The number of amides is 3. The molecule has 0 unspecified atom stereocenters. The average molecular weight is 306 g/mol. The summed E-state index contributed by atoms with van der Waals surface area (Å²) in [6, 6.07) is 3.98. The van der Waals surface area contributed by atoms with Gasteiger partial charge < -0.3 is 9.88 Å². The fraction of sp³-hybridized carbons (Fsp3) is 0.625. The van der Waals surface area contributed by atoms with Crippen LogP contribution in [0.5, 0.6) is 0 Å². The van der Waals surface area contributed by atoms with Gasteiger partial charge in [-0.1, -0.05) is 13.3 Å². The van der Waals surface area contributed by atoms with Crippen molar-refractivity contribution in [3.63, 3.8) is 0 Å². The molecule has 1 fully saturated rings. The standard InChI is InChI=1S/C16H26N4O2/c1-3-4-9-17-16(22)18-15(21)12-20-11-6-8-14(20)13-7-5-10-19(13)2/h5,7,10,14H,3-4,6,8-9,11-12H2,1-2H3,(H2,17,18,21,22)/t14-/m1/s1. The van der Waals surface area contributed by atoms with Gasteiger partial charge in [0.15, 0.2) is 0 Å². The Balaban J connectivity index is 1.83. The Morgan fingerprint density at radius 2 is 2.23 bits per heavy atom. The van der Waals surface area contributed by atoms with E-state index in [0.29, 0.717) is 6.54 Å². The van der Waals surface area contributed by atoms with Gasteiger partial charge in [0.1, 0.15) is 0 Å². The maximum absolute atomic E-state index is 12.0. The summed E-state index contributed by atoms with van der Waals surface area (Å²) in [5, 5.41) is 5.10. The molecule has 2 rings (SSSR count). The third-order valence-corrected chi connectivity index (χ3v) is 4.10. The van der Waals surface area contributed by atoms with Crippen molar-refractivity contribution >= 4 is 11.9 Å². The zero-order valence-electron chi connectivity index (χ0n) is 13.5. The number of imide groups is 1. The molecule has 1 aliphatic heterocycles. The van der Waals surface area contributed by atoms with Gasteiger partial charge in [-0.05, 0) is 37.9 Å². The molecule has 0 spiro atoms. The van der Waals surface area contributed by atoms with Crippen molar-refractivity contribution < 1.29 is 9.59 Å². The summed E-state index contributed by atoms with van der Waals surface area (Å²) in [5.74, 6) is -0.241. The number of urea groups is 1. The number of rotatable bonds is 6. The van der Waals surface area contributed by atoms with E-state index < -0.39 is 6.03 Å². The molecule has 2 heterocycles. The van der Waals surface area contributed by atoms with E-state index in [-0.39, 0.29) is 18.5 Å². The lowest BCUT2D eigenvalue weighted by atomic mass is 10.1. The van der Waals surface area contributed by atoms with Gasteiger partial charge in [-0.2, -0.15) is 0 Å². The van der Waals surface area contributed by atoms with Crippen LogP contribution >= 0.6 is 0 Å². The predicted octanol–water partition coefficient (Wildman–Crippen LogP) is 1.79. The molecule has 122 valence electrons. The van der Waals surface area contributed by atoms with E-state index >= 15 is 0 Å². The van der Waals surface area contributed by atoms with Crippen molar-refractivity contribution in [3.05, 3.63) is 24.0 Å². The van der Waals surface area contributed by atoms with Gasteiger partial charge >= 0.3 is 6.03 Å². The minimum Gasteiger partial charge on any atom is -0.353 e. The first kappa shape index (κ1) is 16.5. The van der Waals surface area contributed by atoms with E-state index in [4.69, 9.17) is 0 Å². The average Bonchev–Trinajstić information content (AvgIpc) is 3.07. The fourth-order valence-corrected chi connectivity index (χ4v) is 2.94. The summed E-state index contributed by atoms with van der Waals surface area (Å²) in [5.41, 5.74) is 1.22. The van der Waals surface area contributed by atoms with Crippen LogP contribution in [0.3, 0.4) is 0 Å². The second-order valence-electron chi connectivity index (χ2n) is 5.83. The molecule has 2 N–H and O–H groups in total. The van der Waals surface area contributed by atoms with Crippen molar-refractivity contribution in [1.29, 1.82) is 0 Å². The zero-order valence-corrected chi connectivity index (χ0v) is 13.5. The van der Waals surface area contributed by atoms with Crippen LogP contribution < -0.4 is 10.6 Å². The molecular formula is C16H26N4O2. The molecule has 1 saturated heterocycles. The molecule has 3 amide bonds. The summed E-state index contributed by atoms with van der Waals surface area (Å²) >= 11 is 0. The van der Waals surface area contributed by atoms with Crippen LogP contribution in [0.15, 0.2) is 18.3 Å². The van der Waals surface area contributed by atoms with Gasteiger partial charge in [0.25, 0.3) is 0 Å². The van der Waals surface area contributed by atoms with Crippen molar-refractivity contribution in [3.8, 4) is 0 Å². The van der Waals surface area contributed by atoms with Gasteiger partial charge in [0.05, 0.1) is 12.6 Å². The molecule has 0 saturated carbocycles. The van der Waals surface area contributed by atoms with E-state index in [1.807, 2.05) is 19.3 Å². The summed E-state index contributed by atoms with van der Waals surface area (Å²) in [6.45, 7) is 3.81. The van der Waals surface area contributed by atoms with Crippen LogP contribution in [0.1, 0.15) is 44.3 Å². The highest BCUT2D eigenvalue weighted by Gasteiger charge is 2.29. The van der Waals surface area contributed by atoms with Gasteiger partial charge in [-0.3, -0.25) is 15.0 Å². The Labute approximate surface area is 131 Å². The second-order valence-corrected chi connectivity index (χ2v) is 5.83. The number of hydrogen-bond acceptors (Lipinski definition) is 3. The molecule has 0 radical (unpaired) electrons. The summed E-state index contributed by atoms with van der Waals surface area (Å²) < 4.78 is 2.10. The lowest BCUT2D eigenvalue weighted by Gasteiger charge is -2.24. The van der Waals surface area contributed by atoms with E-state index in [2.05, 4.69) is 33.1 Å². The molecule has 1 aromatic rings. The molecular weight excluding hydrogens is 280 g/mol. The number of aryl methyl sites for hydroxylation is 1. The van der Waals surface area contributed by atoms with Gasteiger partial charge in [0, 0.05) is 25.5 Å². The number of likely N-dealkylation sites (tertiary alicyclic amines) is 1. The molecule has 1 aliphatic rings. The first-order valence-electron chi connectivity index (χ1n) is 8.04. The molecule has 0 aromatic carbocycles. The van der Waals surface area contributed by atoms with Gasteiger partial charge in [-0.15, -0.1) is 0 Å². The van der Waals surface area contributed by atoms with E-state index in [9.17, 15) is 9.59 Å². The van der Waals surface area contributed by atoms with Crippen LogP contribution in [0.2, 0.25) is 0 Å². The zero-order chi connectivity index (χ0) is 15.9. The number of nitrogens with zero attached hydrogens (tertiary/aromatic N) is 2. The third kappa shape index (κ3) is 4.34. The minimum atomic E-state index is -0.395. The van der Waals surface area contributed by atoms with Crippen molar-refractivity contribution in [2.45, 2.75) is 38.6 Å². The SMILES string of the molecule is CCCCNC(=O)NC(=O)CN1CCC[C@@H]1c1cccn1C. The monoisotopic (exact) mass is 306 g/mol. The van der Waals surface area contributed by atoms with Crippen LogP contribution in [0.25, 0.3) is 0 Å². The Morgan fingerprint density at radius 3 is 2.91 bits per heavy atom. The Kier molecular flexibility index (Phi) is 6.00. The van der Waals surface area contributed by atoms with Crippen LogP contribution in [0, 0.1) is 0 Å². The summed E-state index contributed by atoms with van der Waals surface area (Å²) in [7, 11) is 2.02. The van der Waals surface area contributed by atoms with Crippen LogP contribution in [0.4, 0.5) is 4.79 Å². The molecule has 1 aromatic heterocycles. The maximum Gasteiger partial charge on any atom is 0.321 e. The van der Waals surface area contributed by atoms with E-state index in [0.717, 1.165) is 32.2 Å². The topological polar surface area (TPSA) is 66.4 Å². The van der Waals surface area contributed by atoms with E-state index in [1.165, 1.54) is 5.69 Å². The predicted molar refractivity (Wildman–Crippen MR) is 85.4 cm³/mol. The van der Waals surface area contributed by atoms with Crippen LogP contribution in [-0.2, 0) is 11.8 Å². The van der Waals surface area contributed by atoms with Crippen molar-refractivity contribution in [2.75, 3.05) is 19.6 Å². The van der Waals surface area contributed by atoms with Crippen molar-refractivity contribution in [1.82, 2.24) is 20.1 Å². The number of carbonyl (C=O) groups excluding carboxylic acids is 2. The molecule has 6 nitrogen and oxygen atoms in total. The van der Waals surface area contributed by atoms with Gasteiger partial charge in [-0.25, -0.2) is 4.79 Å². The summed E-state index contributed by atoms with van der Waals surface area (Å²) in [6.07, 6.45) is 6.08. The lowest BCUT2D eigenvalue weighted by Crippen LogP contribution is -2.44. The molecule has 1 atom stereocenters. The largest absolute Gasteiger partial charge is 0.353 e. The number of aromatic nitrogens is 1. The molecule has 0 aliphatic carbocycles. The van der Waals surface area contributed by atoms with Gasteiger partial charge in [0.2, 0.25) is 5.91 Å². The Bertz CT molecular complexity index is 512. The Hall–Kier alpha value is -1.82. The van der Waals surface area contributed by atoms with E-state index in [1.54, 1.807) is 0 Å². The highest BCUT2D eigenvalue weighted by molar-refractivity contribution is 5.95. The maximum atomic E-state index is 12.0. The first-order valence-corrected chi connectivity index (χ1v) is 8.04. The smallest absolute Gasteiger partial charge is 0.321 e. The normalized spacial score (nSPS) is 18.4. The lowest BCUT2D eigenvalue weighted by molar-refractivity contribution is -0.121. The number of hydrogen-bond donors (Lipinski definition) is 2. The minimum absolute atomic E-state index is 0.241. The number of nitrogens with one attached hydrogen (secondary N) is 2. The number of unbranched alkanes of at least 4 members (excludes halogenated alkanes) is 1. The van der Waals surface area contributed by atoms with Crippen molar-refractivity contribution in [2.24, 2.45) is 7.05 Å². The van der Waals surface area contributed by atoms with Crippen LogP contribution in [-0.4, -0.2) is 41.0 Å². The quantitative estimate of drug-likeness (QED) is 0.788. The molecule has 22 heavy (non-hydrogen) atoms. The molecule has 0 bridgehead atoms. The summed E-state index contributed by atoms with van der Waals surface area (Å²) in [4.78, 5) is 25.8. The first-order chi connectivity index (χ1) is 10.6. The Morgan fingerprint density at radius 1 is 1.41 bits per heavy atom.